The molecule has 3 fully saturated rings. The highest BCUT2D eigenvalue weighted by Gasteiger charge is 2.59. The van der Waals surface area contributed by atoms with Crippen molar-refractivity contribution >= 4 is 5.97 Å². The Kier molecular flexibility index (Phi) is 11.1. The van der Waals surface area contributed by atoms with Crippen molar-refractivity contribution in [3.8, 4) is 0 Å². The van der Waals surface area contributed by atoms with Gasteiger partial charge in [0.2, 0.25) is 0 Å². The van der Waals surface area contributed by atoms with Crippen LogP contribution in [0.4, 0.5) is 0 Å². The van der Waals surface area contributed by atoms with Crippen molar-refractivity contribution in [2.24, 2.45) is 46.3 Å². The van der Waals surface area contributed by atoms with Crippen molar-refractivity contribution in [2.45, 2.75) is 170 Å². The fourth-order valence-corrected chi connectivity index (χ4v) is 10.2. The Hall–Kier alpha value is -0.790. The monoisotopic (exact) mass is 540 g/mol. The zero-order valence-corrected chi connectivity index (χ0v) is 26.9. The maximum Gasteiger partial charge on any atom is 0.306 e. The molecule has 4 aliphatic carbocycles. The molecule has 0 aromatic carbocycles. The molecule has 0 amide bonds. The quantitative estimate of drug-likeness (QED) is 0.124. The molecule has 0 N–H and O–H groups in total. The van der Waals surface area contributed by atoms with Gasteiger partial charge >= 0.3 is 5.97 Å². The minimum absolute atomic E-state index is 0.0550. The van der Waals surface area contributed by atoms with E-state index in [0.29, 0.717) is 17.3 Å². The molecule has 0 saturated heterocycles. The Morgan fingerprint density at radius 3 is 2.38 bits per heavy atom. The van der Waals surface area contributed by atoms with E-state index in [-0.39, 0.29) is 12.1 Å². The van der Waals surface area contributed by atoms with Gasteiger partial charge in [-0.3, -0.25) is 4.79 Å². The first-order chi connectivity index (χ1) is 18.7. The molecule has 4 rings (SSSR count). The van der Waals surface area contributed by atoms with Gasteiger partial charge in [-0.25, -0.2) is 0 Å². The van der Waals surface area contributed by atoms with Crippen LogP contribution in [0.3, 0.4) is 0 Å². The number of fused-ring (bicyclic) bond motifs is 5. The summed E-state index contributed by atoms with van der Waals surface area (Å²) in [6.45, 7) is 14.9. The van der Waals surface area contributed by atoms with Gasteiger partial charge in [-0.05, 0) is 97.7 Å². The molecule has 8 atom stereocenters. The van der Waals surface area contributed by atoms with Crippen molar-refractivity contribution in [3.63, 3.8) is 0 Å². The Balaban J connectivity index is 1.29. The van der Waals surface area contributed by atoms with Crippen LogP contribution < -0.4 is 0 Å². The van der Waals surface area contributed by atoms with Crippen molar-refractivity contribution in [2.75, 3.05) is 0 Å². The van der Waals surface area contributed by atoms with Gasteiger partial charge in [-0.15, -0.1) is 0 Å². The molecule has 0 aliphatic heterocycles. The molecule has 0 aromatic rings. The van der Waals surface area contributed by atoms with Crippen LogP contribution >= 0.6 is 0 Å². The van der Waals surface area contributed by atoms with Gasteiger partial charge < -0.3 is 4.74 Å². The number of rotatable bonds is 14. The fraction of sp³-hybridized carbons (Fsp3) is 0.919. The lowest BCUT2D eigenvalue weighted by Gasteiger charge is -2.58. The van der Waals surface area contributed by atoms with E-state index in [9.17, 15) is 4.79 Å². The smallest absolute Gasteiger partial charge is 0.306 e. The Labute approximate surface area is 242 Å². The summed E-state index contributed by atoms with van der Waals surface area (Å²) in [5.41, 5.74) is 2.54. The summed E-state index contributed by atoms with van der Waals surface area (Å²) in [5, 5.41) is 0. The number of allylic oxidation sites excluding steroid dienone is 1. The van der Waals surface area contributed by atoms with Gasteiger partial charge in [0.1, 0.15) is 6.10 Å². The largest absolute Gasteiger partial charge is 0.462 e. The molecular formula is C37H64O2. The highest BCUT2D eigenvalue weighted by molar-refractivity contribution is 5.69. The SMILES string of the molecule is CCCCCCCCCC(=O)O[C@H]1CC[C@@]2(C)C(=CC[C@H]3[C@H]4CC[C@@H]([C@@H](C)CCCC(C)C)[C@@]4(C)CC[C@@H]32)C1. The lowest BCUT2D eigenvalue weighted by Crippen LogP contribution is -2.51. The van der Waals surface area contributed by atoms with Crippen LogP contribution in [-0.4, -0.2) is 12.1 Å². The number of hydrogen-bond donors (Lipinski definition) is 0. The van der Waals surface area contributed by atoms with E-state index in [4.69, 9.17) is 4.74 Å². The van der Waals surface area contributed by atoms with Crippen molar-refractivity contribution in [1.29, 1.82) is 0 Å². The molecule has 0 heterocycles. The lowest BCUT2D eigenvalue weighted by molar-refractivity contribution is -0.151. The zero-order chi connectivity index (χ0) is 28.0. The van der Waals surface area contributed by atoms with E-state index in [1.165, 1.54) is 96.3 Å². The lowest BCUT2D eigenvalue weighted by atomic mass is 9.47. The summed E-state index contributed by atoms with van der Waals surface area (Å²) < 4.78 is 6.06. The second kappa shape index (κ2) is 13.9. The number of unbranched alkanes of at least 4 members (excludes halogenated alkanes) is 6. The van der Waals surface area contributed by atoms with E-state index >= 15 is 0 Å². The molecule has 3 saturated carbocycles. The van der Waals surface area contributed by atoms with Gasteiger partial charge in [0.05, 0.1) is 0 Å². The number of esters is 1. The van der Waals surface area contributed by atoms with Crippen LogP contribution in [0.1, 0.15) is 164 Å². The average Bonchev–Trinajstić information content (AvgIpc) is 3.25. The molecule has 0 unspecified atom stereocenters. The van der Waals surface area contributed by atoms with Gasteiger partial charge in [-0.1, -0.05) is 111 Å². The molecule has 2 heteroatoms. The second-order valence-electron chi connectivity index (χ2n) is 15.5. The van der Waals surface area contributed by atoms with Crippen molar-refractivity contribution in [3.05, 3.63) is 11.6 Å². The molecule has 39 heavy (non-hydrogen) atoms. The van der Waals surface area contributed by atoms with E-state index in [2.05, 4.69) is 47.6 Å². The molecule has 4 aliphatic rings. The van der Waals surface area contributed by atoms with Gasteiger partial charge in [0.25, 0.3) is 0 Å². The Morgan fingerprint density at radius 2 is 1.64 bits per heavy atom. The summed E-state index contributed by atoms with van der Waals surface area (Å²) in [6.07, 6.45) is 26.7. The highest BCUT2D eigenvalue weighted by atomic mass is 16.5. The van der Waals surface area contributed by atoms with Crippen LogP contribution in [0.2, 0.25) is 0 Å². The first-order valence-electron chi connectivity index (χ1n) is 17.6. The summed E-state index contributed by atoms with van der Waals surface area (Å²) in [5.74, 6) is 5.34. The summed E-state index contributed by atoms with van der Waals surface area (Å²) in [7, 11) is 0. The predicted molar refractivity (Wildman–Crippen MR) is 166 cm³/mol. The highest BCUT2D eigenvalue weighted by Crippen LogP contribution is 2.67. The Morgan fingerprint density at radius 1 is 0.897 bits per heavy atom. The maximum absolute atomic E-state index is 12.6. The normalized spacial score (nSPS) is 36.6. The average molecular weight is 541 g/mol. The van der Waals surface area contributed by atoms with Crippen LogP contribution in [0.15, 0.2) is 11.6 Å². The third kappa shape index (κ3) is 7.17. The third-order valence-corrected chi connectivity index (χ3v) is 12.5. The maximum atomic E-state index is 12.6. The molecular weight excluding hydrogens is 476 g/mol. The Bertz CT molecular complexity index is 812. The summed E-state index contributed by atoms with van der Waals surface area (Å²) >= 11 is 0. The minimum atomic E-state index is 0.0550. The molecule has 0 radical (unpaired) electrons. The fourth-order valence-electron chi connectivity index (χ4n) is 10.2. The first kappa shape index (κ1) is 31.2. The van der Waals surface area contributed by atoms with E-state index < -0.39 is 0 Å². The number of ether oxygens (including phenoxy) is 1. The van der Waals surface area contributed by atoms with Gasteiger partial charge in [-0.2, -0.15) is 0 Å². The molecule has 2 nitrogen and oxygen atoms in total. The molecule has 224 valence electrons. The van der Waals surface area contributed by atoms with Gasteiger partial charge in [0, 0.05) is 12.8 Å². The molecule has 0 aromatic heterocycles. The zero-order valence-electron chi connectivity index (χ0n) is 26.9. The summed E-state index contributed by atoms with van der Waals surface area (Å²) in [6, 6.07) is 0. The van der Waals surface area contributed by atoms with Crippen LogP contribution in [0.25, 0.3) is 0 Å². The minimum Gasteiger partial charge on any atom is -0.462 e. The summed E-state index contributed by atoms with van der Waals surface area (Å²) in [4.78, 5) is 12.6. The van der Waals surface area contributed by atoms with Crippen LogP contribution in [-0.2, 0) is 9.53 Å². The third-order valence-electron chi connectivity index (χ3n) is 12.5. The number of carbonyl (C=O) groups is 1. The predicted octanol–water partition coefficient (Wildman–Crippen LogP) is 11.1. The van der Waals surface area contributed by atoms with Crippen molar-refractivity contribution in [1.82, 2.24) is 0 Å². The number of hydrogen-bond acceptors (Lipinski definition) is 2. The van der Waals surface area contributed by atoms with Crippen molar-refractivity contribution < 1.29 is 9.53 Å². The first-order valence-corrected chi connectivity index (χ1v) is 17.6. The van der Waals surface area contributed by atoms with Gasteiger partial charge in [0.15, 0.2) is 0 Å². The van der Waals surface area contributed by atoms with Crippen LogP contribution in [0, 0.1) is 46.3 Å². The van der Waals surface area contributed by atoms with E-state index in [0.717, 1.165) is 54.8 Å². The molecule has 0 spiro atoms. The second-order valence-corrected chi connectivity index (χ2v) is 15.5. The van der Waals surface area contributed by atoms with Crippen LogP contribution in [0.5, 0.6) is 0 Å². The molecule has 0 bridgehead atoms. The van der Waals surface area contributed by atoms with E-state index in [1.807, 2.05) is 0 Å². The number of carbonyl (C=O) groups excluding carboxylic acids is 1. The van der Waals surface area contributed by atoms with E-state index in [1.54, 1.807) is 5.57 Å². The topological polar surface area (TPSA) is 26.3 Å². The standard InChI is InChI=1S/C37H64O2/c1-7-8-9-10-11-12-13-17-35(38)39-30-22-24-36(5)29(26-30)18-19-31-33-21-20-32(28(4)16-14-15-27(2)3)37(33,6)25-23-34(31)36/h18,27-28,30-34H,7-17,19-26H2,1-6H3/t28-,30-,31-,32-,33+,34-,36-,37+/m0/s1.